The lowest BCUT2D eigenvalue weighted by Gasteiger charge is -1.38. The molecule has 2 nitrogen and oxygen atoms in total. The van der Waals surface area contributed by atoms with Crippen LogP contribution in [0.3, 0.4) is 0 Å². The molecule has 0 atom stereocenters. The summed E-state index contributed by atoms with van der Waals surface area (Å²) in [4.78, 5) is 0. The molecule has 3 heteroatoms. The Morgan fingerprint density at radius 1 is 1.75 bits per heavy atom. The topological polar surface area (TPSA) is 49.9 Å². The normalized spacial score (nSPS) is 3.00. The fraction of sp³-hybridized carbons (Fsp3) is 0. The van der Waals surface area contributed by atoms with Crippen LogP contribution in [0.25, 0.3) is 0 Å². The highest BCUT2D eigenvalue weighted by Gasteiger charge is 1.10. The maximum Gasteiger partial charge on any atom is 0.187 e. The van der Waals surface area contributed by atoms with Crippen LogP contribution in [0, 0.1) is 5.41 Å². The van der Waals surface area contributed by atoms with Gasteiger partial charge in [0, 0.05) is 0 Å². The average molecular weight is 74.1 g/mol. The van der Waals surface area contributed by atoms with E-state index in [2.05, 4.69) is 5.73 Å². The van der Waals surface area contributed by atoms with Crippen LogP contribution in [-0.2, 0) is 0 Å². The Morgan fingerprint density at radius 3 is 1.75 bits per heavy atom. The van der Waals surface area contributed by atoms with Crippen LogP contribution in [0.4, 0.5) is 0 Å². The Hall–Kier alpha value is 0.00247. The largest absolute Gasteiger partial charge is 0.390 e. The molecule has 0 aliphatic carbocycles. The Balaban J connectivity index is 0. The molecule has 0 saturated heterocycles. The van der Waals surface area contributed by atoms with Gasteiger partial charge in [-0.1, -0.05) is 0 Å². The molecule has 0 bridgehead atoms. The number of nitrogens with two attached hydrogens (primary N) is 1. The van der Waals surface area contributed by atoms with Crippen LogP contribution in [0.1, 0.15) is 0 Å². The predicted molar refractivity (Wildman–Crippen MR) is 22.9 cm³/mol. The standard InChI is InChI=1S/CH4N2.Al.3H/c2-1-3;;;;/h1H,(H3,2,3);;;;. The van der Waals surface area contributed by atoms with E-state index in [1.807, 2.05) is 0 Å². The second kappa shape index (κ2) is 12.0. The molecule has 0 rings (SSSR count). The van der Waals surface area contributed by atoms with E-state index in [1.54, 1.807) is 0 Å². The third-order valence-corrected chi connectivity index (χ3v) is 0. The Labute approximate surface area is 35.6 Å². The minimum Gasteiger partial charge on any atom is -0.390 e. The van der Waals surface area contributed by atoms with Crippen LogP contribution < -0.4 is 5.73 Å². The van der Waals surface area contributed by atoms with Gasteiger partial charge < -0.3 is 5.73 Å². The van der Waals surface area contributed by atoms with Crippen molar-refractivity contribution in [1.29, 1.82) is 5.41 Å². The molecule has 24 valence electrons. The summed E-state index contributed by atoms with van der Waals surface area (Å²) < 4.78 is 0. The number of hydrogen-bond donors (Lipinski definition) is 2. The Morgan fingerprint density at radius 2 is 1.75 bits per heavy atom. The molecule has 0 aromatic heterocycles. The van der Waals surface area contributed by atoms with Crippen LogP contribution in [0.5, 0.6) is 0 Å². The maximum atomic E-state index is 5.86. The van der Waals surface area contributed by atoms with Crippen LogP contribution in [0.2, 0.25) is 0 Å². The van der Waals surface area contributed by atoms with Crippen molar-refractivity contribution in [2.45, 2.75) is 0 Å². The highest BCUT2D eigenvalue weighted by atomic mass is 27.0. The summed E-state index contributed by atoms with van der Waals surface area (Å²) >= 11 is 0. The number of hydrogen-bond acceptors (Lipinski definition) is 1. The summed E-state index contributed by atoms with van der Waals surface area (Å²) in [5, 5.41) is 5.86. The SMILES string of the molecule is N=CN.[AlH3]. The molecule has 4 heavy (non-hydrogen) atoms. The minimum atomic E-state index is 0. The van der Waals surface area contributed by atoms with E-state index < -0.39 is 0 Å². The minimum absolute atomic E-state index is 0. The van der Waals surface area contributed by atoms with Gasteiger partial charge in [-0.05, 0) is 0 Å². The van der Waals surface area contributed by atoms with Crippen molar-refractivity contribution in [3.63, 3.8) is 0 Å². The third kappa shape index (κ3) is 331000. The highest BCUT2D eigenvalue weighted by Crippen LogP contribution is 0.879. The molecule has 0 fully saturated rings. The van der Waals surface area contributed by atoms with E-state index >= 15 is 0 Å². The molecule has 0 unspecified atom stereocenters. The monoisotopic (exact) mass is 74.0 g/mol. The van der Waals surface area contributed by atoms with Crippen LogP contribution in [0.15, 0.2) is 0 Å². The van der Waals surface area contributed by atoms with E-state index in [-0.39, 0.29) is 17.4 Å². The zero-order valence-corrected chi connectivity index (χ0v) is 1.65. The van der Waals surface area contributed by atoms with Gasteiger partial charge in [-0.25, -0.2) is 0 Å². The van der Waals surface area contributed by atoms with E-state index in [9.17, 15) is 0 Å². The first-order chi connectivity index (χ1) is 1.41. The van der Waals surface area contributed by atoms with Gasteiger partial charge in [0.15, 0.2) is 17.4 Å². The fourth-order valence-electron chi connectivity index (χ4n) is 0. The molecule has 0 radical (unpaired) electrons. The summed E-state index contributed by atoms with van der Waals surface area (Å²) in [6.45, 7) is 0. The number of nitrogens with one attached hydrogen (secondary N) is 1. The summed E-state index contributed by atoms with van der Waals surface area (Å²) in [5.74, 6) is 0. The zero-order valence-electron chi connectivity index (χ0n) is 1.65. The number of rotatable bonds is 0. The lowest BCUT2D eigenvalue weighted by atomic mass is 11.4. The summed E-state index contributed by atoms with van der Waals surface area (Å²) in [5.41, 5.74) is 4.39. The van der Waals surface area contributed by atoms with E-state index in [0.717, 1.165) is 6.34 Å². The smallest absolute Gasteiger partial charge is 0.187 e. The Bertz CT molecular complexity index is 13.5. The van der Waals surface area contributed by atoms with Crippen molar-refractivity contribution in [3.8, 4) is 0 Å². The van der Waals surface area contributed by atoms with Crippen molar-refractivity contribution in [2.24, 2.45) is 5.73 Å². The predicted octanol–water partition coefficient (Wildman–Crippen LogP) is -1.63. The van der Waals surface area contributed by atoms with Crippen molar-refractivity contribution >= 4 is 23.7 Å². The van der Waals surface area contributed by atoms with Gasteiger partial charge in [-0.2, -0.15) is 0 Å². The van der Waals surface area contributed by atoms with Gasteiger partial charge in [-0.15, -0.1) is 0 Å². The highest BCUT2D eigenvalue weighted by molar-refractivity contribution is 5.75. The first kappa shape index (κ1) is 9.00. The van der Waals surface area contributed by atoms with Gasteiger partial charge in [0.1, 0.15) is 0 Å². The summed E-state index contributed by atoms with van der Waals surface area (Å²) in [6, 6.07) is 0. The molecule has 0 spiro atoms. The van der Waals surface area contributed by atoms with Crippen LogP contribution in [-0.4, -0.2) is 23.7 Å². The van der Waals surface area contributed by atoms with Crippen LogP contribution >= 0.6 is 0 Å². The van der Waals surface area contributed by atoms with E-state index in [4.69, 9.17) is 5.41 Å². The molecule has 0 aliphatic rings. The van der Waals surface area contributed by atoms with Gasteiger partial charge in [0.05, 0.1) is 6.34 Å². The van der Waals surface area contributed by atoms with Crippen molar-refractivity contribution in [2.75, 3.05) is 0 Å². The zero-order chi connectivity index (χ0) is 2.71. The molecule has 0 heterocycles. The molecular weight excluding hydrogens is 67.0 g/mol. The average Bonchev–Trinajstić information content (AvgIpc) is 0.918. The third-order valence-electron chi connectivity index (χ3n) is 0. The lowest BCUT2D eigenvalue weighted by molar-refractivity contribution is 1.52. The molecule has 0 amide bonds. The first-order valence-electron chi connectivity index (χ1n) is 0.622. The van der Waals surface area contributed by atoms with Gasteiger partial charge in [0.2, 0.25) is 0 Å². The second-order valence-electron chi connectivity index (χ2n) is 0.167. The van der Waals surface area contributed by atoms with Crippen molar-refractivity contribution in [3.05, 3.63) is 0 Å². The molecule has 0 aromatic rings. The van der Waals surface area contributed by atoms with Gasteiger partial charge in [-0.3, -0.25) is 5.41 Å². The molecule has 3 N–H and O–H groups in total. The Kier molecular flexibility index (Phi) is 27.0. The van der Waals surface area contributed by atoms with Crippen molar-refractivity contribution < 1.29 is 0 Å². The molecule has 0 saturated carbocycles. The molecule has 0 aromatic carbocycles. The summed E-state index contributed by atoms with van der Waals surface area (Å²) in [6.07, 6.45) is 0.750. The quantitative estimate of drug-likeness (QED) is 0.202. The second-order valence-corrected chi connectivity index (χ2v) is 0.167. The van der Waals surface area contributed by atoms with Gasteiger partial charge in [0.25, 0.3) is 0 Å². The molecule has 0 aliphatic heterocycles. The van der Waals surface area contributed by atoms with Gasteiger partial charge >= 0.3 is 0 Å². The van der Waals surface area contributed by atoms with E-state index in [0.29, 0.717) is 0 Å². The lowest BCUT2D eigenvalue weighted by Crippen LogP contribution is -1.81. The summed E-state index contributed by atoms with van der Waals surface area (Å²) in [7, 11) is 0. The van der Waals surface area contributed by atoms with E-state index in [1.165, 1.54) is 0 Å². The molecular formula is CH7AlN2. The first-order valence-corrected chi connectivity index (χ1v) is 0.622. The van der Waals surface area contributed by atoms with Crippen molar-refractivity contribution in [1.82, 2.24) is 0 Å². The fourth-order valence-corrected chi connectivity index (χ4v) is 0. The maximum absolute atomic E-state index is 5.86.